The van der Waals surface area contributed by atoms with Gasteiger partial charge in [-0.15, -0.1) is 0 Å². The van der Waals surface area contributed by atoms with Crippen molar-refractivity contribution in [1.29, 1.82) is 0 Å². The molecule has 1 aromatic carbocycles. The van der Waals surface area contributed by atoms with Gasteiger partial charge in [-0.25, -0.2) is 13.1 Å². The van der Waals surface area contributed by atoms with E-state index in [0.29, 0.717) is 24.1 Å². The number of benzene rings is 1. The van der Waals surface area contributed by atoms with E-state index in [0.717, 1.165) is 5.56 Å². The van der Waals surface area contributed by atoms with E-state index in [1.54, 1.807) is 18.2 Å². The summed E-state index contributed by atoms with van der Waals surface area (Å²) in [6, 6.07) is 5.19. The first kappa shape index (κ1) is 14.0. The lowest BCUT2D eigenvalue weighted by Gasteiger charge is -2.23. The summed E-state index contributed by atoms with van der Waals surface area (Å²) in [6.45, 7) is 4.78. The Kier molecular flexibility index (Phi) is 3.82. The Hall–Kier alpha value is -0.430. The van der Waals surface area contributed by atoms with Gasteiger partial charge in [-0.1, -0.05) is 6.07 Å². The molecule has 1 unspecified atom stereocenters. The molecule has 2 rings (SSSR count). The molecule has 18 heavy (non-hydrogen) atoms. The first-order chi connectivity index (χ1) is 8.32. The van der Waals surface area contributed by atoms with Crippen LogP contribution in [0.5, 0.6) is 0 Å². The molecule has 0 bridgehead atoms. The second-order valence-corrected chi connectivity index (χ2v) is 7.41. The van der Waals surface area contributed by atoms with Crippen molar-refractivity contribution in [3.63, 3.8) is 0 Å². The summed E-state index contributed by atoms with van der Waals surface area (Å²) >= 11 is 3.30. The minimum atomic E-state index is -3.53. The summed E-state index contributed by atoms with van der Waals surface area (Å²) in [4.78, 5) is 0.265. The fraction of sp³-hybridized carbons (Fsp3) is 0.500. The molecular formula is C12H16BrNO3S. The number of rotatable bonds is 3. The van der Waals surface area contributed by atoms with Gasteiger partial charge >= 0.3 is 0 Å². The summed E-state index contributed by atoms with van der Waals surface area (Å²) < 4.78 is 33.2. The fourth-order valence-corrected chi connectivity index (χ4v) is 4.57. The van der Waals surface area contributed by atoms with Gasteiger partial charge in [0.05, 0.1) is 17.0 Å². The molecule has 4 nitrogen and oxygen atoms in total. The zero-order valence-corrected chi connectivity index (χ0v) is 12.8. The Balaban J connectivity index is 2.30. The fourth-order valence-electron chi connectivity index (χ4n) is 1.95. The Morgan fingerprint density at radius 1 is 1.44 bits per heavy atom. The van der Waals surface area contributed by atoms with Crippen molar-refractivity contribution in [3.05, 3.63) is 28.2 Å². The molecule has 1 fully saturated rings. The van der Waals surface area contributed by atoms with Crippen LogP contribution in [-0.4, -0.2) is 27.2 Å². The molecule has 0 spiro atoms. The van der Waals surface area contributed by atoms with Crippen molar-refractivity contribution < 1.29 is 13.2 Å². The van der Waals surface area contributed by atoms with Gasteiger partial charge in [-0.3, -0.25) is 0 Å². The zero-order chi connectivity index (χ0) is 13.4. The quantitative estimate of drug-likeness (QED) is 0.922. The molecule has 1 aliphatic rings. The van der Waals surface area contributed by atoms with Crippen molar-refractivity contribution in [3.8, 4) is 0 Å². The molecule has 0 aromatic heterocycles. The molecule has 0 amide bonds. The van der Waals surface area contributed by atoms with E-state index in [9.17, 15) is 8.42 Å². The maximum atomic E-state index is 12.3. The van der Waals surface area contributed by atoms with Crippen LogP contribution in [-0.2, 0) is 14.8 Å². The normalized spacial score (nSPS) is 24.4. The van der Waals surface area contributed by atoms with Gasteiger partial charge in [0.1, 0.15) is 0 Å². The van der Waals surface area contributed by atoms with Crippen molar-refractivity contribution in [1.82, 2.24) is 4.72 Å². The molecule has 0 aliphatic carbocycles. The molecule has 0 radical (unpaired) electrons. The van der Waals surface area contributed by atoms with E-state index in [1.807, 2.05) is 13.8 Å². The van der Waals surface area contributed by atoms with Crippen LogP contribution in [0.15, 0.2) is 27.6 Å². The van der Waals surface area contributed by atoms with Gasteiger partial charge in [-0.05, 0) is 53.9 Å². The van der Waals surface area contributed by atoms with Crippen LogP contribution in [0.25, 0.3) is 0 Å². The highest BCUT2D eigenvalue weighted by atomic mass is 79.9. The van der Waals surface area contributed by atoms with E-state index in [4.69, 9.17) is 4.74 Å². The molecule has 1 heterocycles. The summed E-state index contributed by atoms with van der Waals surface area (Å²) in [6.07, 6.45) is 0.690. The lowest BCUT2D eigenvalue weighted by molar-refractivity contribution is 0.178. The van der Waals surface area contributed by atoms with Crippen LogP contribution in [0.3, 0.4) is 0 Å². The first-order valence-electron chi connectivity index (χ1n) is 5.70. The maximum Gasteiger partial charge on any atom is 0.242 e. The highest BCUT2D eigenvalue weighted by Crippen LogP contribution is 2.26. The third-order valence-corrected chi connectivity index (χ3v) is 5.59. The van der Waals surface area contributed by atoms with Gasteiger partial charge in [0.2, 0.25) is 10.0 Å². The van der Waals surface area contributed by atoms with Gasteiger partial charge in [0.15, 0.2) is 0 Å². The van der Waals surface area contributed by atoms with Crippen LogP contribution < -0.4 is 4.72 Å². The van der Waals surface area contributed by atoms with Crippen LogP contribution in [0.1, 0.15) is 18.9 Å². The van der Waals surface area contributed by atoms with Crippen LogP contribution in [0.4, 0.5) is 0 Å². The van der Waals surface area contributed by atoms with Crippen molar-refractivity contribution in [2.45, 2.75) is 30.7 Å². The molecule has 6 heteroatoms. The number of halogens is 1. The lowest BCUT2D eigenvalue weighted by Crippen LogP contribution is -2.46. The number of nitrogens with one attached hydrogen (secondary N) is 1. The maximum absolute atomic E-state index is 12.3. The van der Waals surface area contributed by atoms with E-state index >= 15 is 0 Å². The minimum Gasteiger partial charge on any atom is -0.379 e. The van der Waals surface area contributed by atoms with Crippen molar-refractivity contribution in [2.24, 2.45) is 0 Å². The number of aryl methyl sites for hydroxylation is 1. The zero-order valence-electron chi connectivity index (χ0n) is 10.4. The Labute approximate surface area is 116 Å². The lowest BCUT2D eigenvalue weighted by atomic mass is 10.0. The summed E-state index contributed by atoms with van der Waals surface area (Å²) in [5.41, 5.74) is 0.500. The van der Waals surface area contributed by atoms with Gasteiger partial charge < -0.3 is 4.74 Å². The first-order valence-corrected chi connectivity index (χ1v) is 7.98. The van der Waals surface area contributed by atoms with E-state index in [1.165, 1.54) is 0 Å². The van der Waals surface area contributed by atoms with Gasteiger partial charge in [0.25, 0.3) is 0 Å². The van der Waals surface area contributed by atoms with E-state index in [2.05, 4.69) is 20.7 Å². The Bertz CT molecular complexity index is 550. The topological polar surface area (TPSA) is 55.4 Å². The molecule has 100 valence electrons. The predicted octanol–water partition coefficient (Wildman–Crippen LogP) is 2.21. The molecule has 1 N–H and O–H groups in total. The van der Waals surface area contributed by atoms with Crippen LogP contribution >= 0.6 is 15.9 Å². The third-order valence-electron chi connectivity index (χ3n) is 2.98. The monoisotopic (exact) mass is 333 g/mol. The number of hydrogen-bond donors (Lipinski definition) is 1. The largest absolute Gasteiger partial charge is 0.379 e. The number of ether oxygens (including phenoxy) is 1. The minimum absolute atomic E-state index is 0.265. The molecular weight excluding hydrogens is 318 g/mol. The summed E-state index contributed by atoms with van der Waals surface area (Å²) in [5.74, 6) is 0. The second-order valence-electron chi connectivity index (χ2n) is 4.90. The second kappa shape index (κ2) is 4.92. The standard InChI is InChI=1S/C12H16BrNO3S/c1-9-3-4-11(10(13)7-9)18(15,16)14-12(2)5-6-17-8-12/h3-4,7,14H,5-6,8H2,1-2H3. The smallest absolute Gasteiger partial charge is 0.242 e. The van der Waals surface area contributed by atoms with Crippen molar-refractivity contribution >= 4 is 26.0 Å². The SMILES string of the molecule is Cc1ccc(S(=O)(=O)NC2(C)CCOC2)c(Br)c1. The average molecular weight is 334 g/mol. The molecule has 1 aromatic rings. The highest BCUT2D eigenvalue weighted by Gasteiger charge is 2.35. The van der Waals surface area contributed by atoms with Crippen LogP contribution in [0.2, 0.25) is 0 Å². The van der Waals surface area contributed by atoms with E-state index < -0.39 is 15.6 Å². The Morgan fingerprint density at radius 2 is 2.17 bits per heavy atom. The molecule has 0 saturated carbocycles. The Morgan fingerprint density at radius 3 is 2.72 bits per heavy atom. The van der Waals surface area contributed by atoms with Gasteiger partial charge in [-0.2, -0.15) is 0 Å². The van der Waals surface area contributed by atoms with Gasteiger partial charge in [0, 0.05) is 11.1 Å². The molecule has 1 saturated heterocycles. The number of hydrogen-bond acceptors (Lipinski definition) is 3. The average Bonchev–Trinajstić information content (AvgIpc) is 2.62. The number of sulfonamides is 1. The molecule has 1 atom stereocenters. The van der Waals surface area contributed by atoms with E-state index in [-0.39, 0.29) is 4.90 Å². The van der Waals surface area contributed by atoms with Crippen LogP contribution in [0, 0.1) is 6.92 Å². The predicted molar refractivity (Wildman–Crippen MR) is 73.0 cm³/mol. The molecule has 1 aliphatic heterocycles. The summed E-state index contributed by atoms with van der Waals surface area (Å²) in [7, 11) is -3.53. The van der Waals surface area contributed by atoms with Crippen molar-refractivity contribution in [2.75, 3.05) is 13.2 Å². The summed E-state index contributed by atoms with van der Waals surface area (Å²) in [5, 5.41) is 0. The third kappa shape index (κ3) is 2.93. The highest BCUT2D eigenvalue weighted by molar-refractivity contribution is 9.10.